The van der Waals surface area contributed by atoms with E-state index in [0.717, 1.165) is 0 Å². The number of rotatable bonds is 3. The van der Waals surface area contributed by atoms with Crippen molar-refractivity contribution in [1.29, 1.82) is 0 Å². The van der Waals surface area contributed by atoms with Gasteiger partial charge in [0.25, 0.3) is 0 Å². The van der Waals surface area contributed by atoms with Crippen molar-refractivity contribution in [3.05, 3.63) is 16.8 Å². The first-order chi connectivity index (χ1) is 7.80. The molecule has 94 valence electrons. The van der Waals surface area contributed by atoms with Crippen LogP contribution >= 0.6 is 11.3 Å². The number of urea groups is 1. The minimum atomic E-state index is -1.04. The summed E-state index contributed by atoms with van der Waals surface area (Å²) in [7, 11) is 0. The minimum absolute atomic E-state index is 0.509. The highest BCUT2D eigenvalue weighted by Gasteiger charge is 2.32. The topological polar surface area (TPSA) is 78.4 Å². The number of carboxylic acid groups (broad SMARTS) is 1. The number of hydrogen-bond acceptors (Lipinski definition) is 3. The average Bonchev–Trinajstić information content (AvgIpc) is 2.64. The summed E-state index contributed by atoms with van der Waals surface area (Å²) in [6.07, 6.45) is 0. The zero-order chi connectivity index (χ0) is 13.1. The maximum absolute atomic E-state index is 11.6. The summed E-state index contributed by atoms with van der Waals surface area (Å²) in [4.78, 5) is 22.6. The number of amides is 2. The molecule has 0 aromatic carbocycles. The summed E-state index contributed by atoms with van der Waals surface area (Å²) in [6, 6.07) is 0.309. The Hall–Kier alpha value is -1.56. The van der Waals surface area contributed by atoms with E-state index in [0.29, 0.717) is 5.69 Å². The fraction of sp³-hybridized carbons (Fsp3) is 0.455. The Labute approximate surface area is 104 Å². The van der Waals surface area contributed by atoms with Gasteiger partial charge in [0, 0.05) is 5.38 Å². The predicted octanol–water partition coefficient (Wildman–Crippen LogP) is 2.37. The molecular weight excluding hydrogens is 240 g/mol. The van der Waals surface area contributed by atoms with Gasteiger partial charge in [-0.15, -0.1) is 0 Å². The van der Waals surface area contributed by atoms with E-state index in [1.807, 2.05) is 5.38 Å². The minimum Gasteiger partial charge on any atom is -0.480 e. The number of thiophene rings is 1. The van der Waals surface area contributed by atoms with Gasteiger partial charge in [-0.1, -0.05) is 20.8 Å². The van der Waals surface area contributed by atoms with Gasteiger partial charge < -0.3 is 15.7 Å². The summed E-state index contributed by atoms with van der Waals surface area (Å²) < 4.78 is 0. The molecule has 0 saturated carbocycles. The van der Waals surface area contributed by atoms with Crippen LogP contribution in [0.3, 0.4) is 0 Å². The van der Waals surface area contributed by atoms with Gasteiger partial charge in [-0.3, -0.25) is 0 Å². The van der Waals surface area contributed by atoms with E-state index in [4.69, 9.17) is 5.11 Å². The first-order valence-electron chi connectivity index (χ1n) is 5.13. The summed E-state index contributed by atoms with van der Waals surface area (Å²) >= 11 is 1.45. The summed E-state index contributed by atoms with van der Waals surface area (Å²) in [6.45, 7) is 5.28. The monoisotopic (exact) mass is 256 g/mol. The SMILES string of the molecule is CC(C)(C)[C@H](NC(=O)Nc1ccsc1)C(=O)O. The third kappa shape index (κ3) is 4.07. The second-order valence-corrected chi connectivity index (χ2v) is 5.53. The molecule has 1 aromatic rings. The van der Waals surface area contributed by atoms with Gasteiger partial charge in [-0.05, 0) is 16.9 Å². The standard InChI is InChI=1S/C11H16N2O3S/c1-11(2,3)8(9(14)15)13-10(16)12-7-4-5-17-6-7/h4-6,8H,1-3H3,(H,14,15)(H2,12,13,16)/t8-/m1/s1. The van der Waals surface area contributed by atoms with Crippen molar-refractivity contribution in [2.45, 2.75) is 26.8 Å². The molecular formula is C11H16N2O3S. The molecule has 0 radical (unpaired) electrons. The normalized spacial score (nSPS) is 12.9. The molecule has 0 fully saturated rings. The highest BCUT2D eigenvalue weighted by molar-refractivity contribution is 7.08. The van der Waals surface area contributed by atoms with Crippen LogP contribution in [0.4, 0.5) is 10.5 Å². The lowest BCUT2D eigenvalue weighted by Crippen LogP contribution is -2.50. The maximum Gasteiger partial charge on any atom is 0.326 e. The molecule has 3 N–H and O–H groups in total. The first kappa shape index (κ1) is 13.5. The number of aliphatic carboxylic acids is 1. The number of hydrogen-bond donors (Lipinski definition) is 3. The third-order valence-corrected chi connectivity index (χ3v) is 2.85. The van der Waals surface area contributed by atoms with Crippen molar-refractivity contribution in [2.75, 3.05) is 5.32 Å². The zero-order valence-corrected chi connectivity index (χ0v) is 10.8. The van der Waals surface area contributed by atoms with E-state index in [1.165, 1.54) is 11.3 Å². The number of carboxylic acids is 1. The molecule has 0 spiro atoms. The largest absolute Gasteiger partial charge is 0.480 e. The molecule has 6 heteroatoms. The van der Waals surface area contributed by atoms with Crippen LogP contribution in [0.25, 0.3) is 0 Å². The van der Waals surface area contributed by atoms with E-state index in [9.17, 15) is 9.59 Å². The number of carbonyl (C=O) groups is 2. The van der Waals surface area contributed by atoms with Gasteiger partial charge in [0.2, 0.25) is 0 Å². The molecule has 0 bridgehead atoms. The molecule has 1 aromatic heterocycles. The smallest absolute Gasteiger partial charge is 0.326 e. The summed E-state index contributed by atoms with van der Waals surface area (Å²) in [5.41, 5.74) is 0.114. The van der Waals surface area contributed by atoms with Crippen LogP contribution in [0.15, 0.2) is 16.8 Å². The Morgan fingerprint density at radius 1 is 1.41 bits per heavy atom. The molecule has 2 amide bonds. The van der Waals surface area contributed by atoms with Gasteiger partial charge in [-0.2, -0.15) is 11.3 Å². The fourth-order valence-electron chi connectivity index (χ4n) is 1.28. The van der Waals surface area contributed by atoms with E-state index < -0.39 is 23.5 Å². The van der Waals surface area contributed by atoms with Crippen molar-refractivity contribution >= 4 is 29.0 Å². The van der Waals surface area contributed by atoms with Crippen LogP contribution in [0.1, 0.15) is 20.8 Å². The van der Waals surface area contributed by atoms with E-state index in [-0.39, 0.29) is 0 Å². The van der Waals surface area contributed by atoms with Gasteiger partial charge in [-0.25, -0.2) is 9.59 Å². The Morgan fingerprint density at radius 3 is 2.47 bits per heavy atom. The molecule has 5 nitrogen and oxygen atoms in total. The van der Waals surface area contributed by atoms with Crippen LogP contribution in [0, 0.1) is 5.41 Å². The fourth-order valence-corrected chi connectivity index (χ4v) is 1.87. The van der Waals surface area contributed by atoms with E-state index >= 15 is 0 Å². The Kier molecular flexibility index (Phi) is 4.11. The molecule has 0 saturated heterocycles. The van der Waals surface area contributed by atoms with Crippen LogP contribution in [0.2, 0.25) is 0 Å². The summed E-state index contributed by atoms with van der Waals surface area (Å²) in [5, 5.41) is 17.7. The zero-order valence-electron chi connectivity index (χ0n) is 9.98. The summed E-state index contributed by atoms with van der Waals surface area (Å²) in [5.74, 6) is -1.04. The van der Waals surface area contributed by atoms with Crippen LogP contribution in [0.5, 0.6) is 0 Å². The Morgan fingerprint density at radius 2 is 2.06 bits per heavy atom. The lowest BCUT2D eigenvalue weighted by Gasteiger charge is -2.27. The Balaban J connectivity index is 2.62. The van der Waals surface area contributed by atoms with E-state index in [1.54, 1.807) is 32.2 Å². The van der Waals surface area contributed by atoms with Gasteiger partial charge in [0.15, 0.2) is 0 Å². The lowest BCUT2D eigenvalue weighted by molar-refractivity contribution is -0.141. The van der Waals surface area contributed by atoms with Gasteiger partial charge in [0.1, 0.15) is 6.04 Å². The highest BCUT2D eigenvalue weighted by Crippen LogP contribution is 2.19. The van der Waals surface area contributed by atoms with Crippen molar-refractivity contribution in [3.63, 3.8) is 0 Å². The average molecular weight is 256 g/mol. The second-order valence-electron chi connectivity index (χ2n) is 4.75. The van der Waals surface area contributed by atoms with E-state index in [2.05, 4.69) is 10.6 Å². The van der Waals surface area contributed by atoms with Crippen LogP contribution in [-0.4, -0.2) is 23.1 Å². The van der Waals surface area contributed by atoms with Crippen LogP contribution in [-0.2, 0) is 4.79 Å². The molecule has 0 aliphatic heterocycles. The molecule has 0 unspecified atom stereocenters. The van der Waals surface area contributed by atoms with Crippen molar-refractivity contribution in [1.82, 2.24) is 5.32 Å². The molecule has 0 aliphatic carbocycles. The van der Waals surface area contributed by atoms with Crippen molar-refractivity contribution in [3.8, 4) is 0 Å². The van der Waals surface area contributed by atoms with Gasteiger partial charge >= 0.3 is 12.0 Å². The van der Waals surface area contributed by atoms with Crippen LogP contribution < -0.4 is 10.6 Å². The molecule has 17 heavy (non-hydrogen) atoms. The maximum atomic E-state index is 11.6. The molecule has 1 heterocycles. The number of nitrogens with one attached hydrogen (secondary N) is 2. The third-order valence-electron chi connectivity index (χ3n) is 2.17. The first-order valence-corrected chi connectivity index (χ1v) is 6.07. The lowest BCUT2D eigenvalue weighted by atomic mass is 9.87. The molecule has 1 rings (SSSR count). The van der Waals surface area contributed by atoms with Crippen molar-refractivity contribution < 1.29 is 14.7 Å². The van der Waals surface area contributed by atoms with Crippen molar-refractivity contribution in [2.24, 2.45) is 5.41 Å². The van der Waals surface area contributed by atoms with Gasteiger partial charge in [0.05, 0.1) is 5.69 Å². The quantitative estimate of drug-likeness (QED) is 0.776. The Bertz CT molecular complexity index is 395. The predicted molar refractivity (Wildman–Crippen MR) is 67.4 cm³/mol. The number of anilines is 1. The molecule has 1 atom stereocenters. The molecule has 0 aliphatic rings. The highest BCUT2D eigenvalue weighted by atomic mass is 32.1. The number of carbonyl (C=O) groups excluding carboxylic acids is 1. The second kappa shape index (κ2) is 5.18.